The predicted octanol–water partition coefficient (Wildman–Crippen LogP) is 5.34. The van der Waals surface area contributed by atoms with Gasteiger partial charge in [0.15, 0.2) is 5.75 Å². The Labute approximate surface area is 164 Å². The fourth-order valence-corrected chi connectivity index (χ4v) is 3.07. The van der Waals surface area contributed by atoms with Gasteiger partial charge in [-0.3, -0.25) is 4.79 Å². The molecule has 1 aliphatic rings. The second-order valence-corrected chi connectivity index (χ2v) is 6.60. The van der Waals surface area contributed by atoms with Gasteiger partial charge < -0.3 is 20.1 Å². The first-order valence-corrected chi connectivity index (χ1v) is 9.39. The third kappa shape index (κ3) is 4.50. The summed E-state index contributed by atoms with van der Waals surface area (Å²) in [6.45, 7) is 0.658. The molecule has 1 amide bonds. The summed E-state index contributed by atoms with van der Waals surface area (Å²) in [6.07, 6.45) is 1.38. The van der Waals surface area contributed by atoms with Crippen molar-refractivity contribution >= 4 is 23.0 Å². The number of hydrogen-bond acceptors (Lipinski definition) is 4. The smallest absolute Gasteiger partial charge is 0.253 e. The number of hydrogen-bond donors (Lipinski definition) is 2. The predicted molar refractivity (Wildman–Crippen MR) is 110 cm³/mol. The van der Waals surface area contributed by atoms with Crippen molar-refractivity contribution in [1.82, 2.24) is 0 Å². The molecule has 2 N–H and O–H groups in total. The van der Waals surface area contributed by atoms with Crippen LogP contribution in [0.1, 0.15) is 12.8 Å². The monoisotopic (exact) mass is 374 g/mol. The van der Waals surface area contributed by atoms with Gasteiger partial charge in [-0.05, 0) is 61.4 Å². The molecule has 0 aliphatic carbocycles. The third-order valence-electron chi connectivity index (χ3n) is 4.51. The lowest BCUT2D eigenvalue weighted by Crippen LogP contribution is -2.26. The van der Waals surface area contributed by atoms with Crippen molar-refractivity contribution in [1.29, 1.82) is 0 Å². The second-order valence-electron chi connectivity index (χ2n) is 6.60. The van der Waals surface area contributed by atoms with Crippen LogP contribution in [-0.2, 0) is 9.53 Å². The molecule has 1 saturated heterocycles. The molecule has 1 fully saturated rings. The Morgan fingerprint density at radius 3 is 2.36 bits per heavy atom. The Morgan fingerprint density at radius 2 is 1.61 bits per heavy atom. The minimum atomic E-state index is -0.334. The van der Waals surface area contributed by atoms with Gasteiger partial charge in [-0.2, -0.15) is 0 Å². The maximum atomic E-state index is 12.1. The van der Waals surface area contributed by atoms with Crippen molar-refractivity contribution in [3.05, 3.63) is 78.9 Å². The molecular formula is C23H22N2O3. The third-order valence-corrected chi connectivity index (χ3v) is 4.51. The van der Waals surface area contributed by atoms with E-state index in [1.165, 1.54) is 0 Å². The standard InChI is InChI=1S/C23H22N2O3/c26-23(22-11-6-16-27-22)25-18-14-12-17(13-15-18)24-20-9-4-5-10-21(20)28-19-7-2-1-3-8-19/h1-5,7-10,12-15,22,24H,6,11,16H2,(H,25,26). The summed E-state index contributed by atoms with van der Waals surface area (Å²) in [6, 6.07) is 25.0. The van der Waals surface area contributed by atoms with Gasteiger partial charge in [-0.15, -0.1) is 0 Å². The van der Waals surface area contributed by atoms with Crippen LogP contribution in [0.25, 0.3) is 0 Å². The molecule has 4 rings (SSSR count). The van der Waals surface area contributed by atoms with Crippen LogP contribution in [0.2, 0.25) is 0 Å². The van der Waals surface area contributed by atoms with Gasteiger partial charge in [0.05, 0.1) is 5.69 Å². The molecule has 3 aromatic rings. The normalized spacial score (nSPS) is 15.8. The van der Waals surface area contributed by atoms with E-state index in [0.717, 1.165) is 41.4 Å². The Bertz CT molecular complexity index is 920. The zero-order valence-corrected chi connectivity index (χ0v) is 15.4. The number of para-hydroxylation sites is 3. The summed E-state index contributed by atoms with van der Waals surface area (Å²) >= 11 is 0. The Kier molecular flexibility index (Phi) is 5.54. The lowest BCUT2D eigenvalue weighted by Gasteiger charge is -2.14. The molecule has 1 atom stereocenters. The van der Waals surface area contributed by atoms with Crippen molar-refractivity contribution < 1.29 is 14.3 Å². The summed E-state index contributed by atoms with van der Waals surface area (Å²) in [7, 11) is 0. The van der Waals surface area contributed by atoms with Crippen LogP contribution in [-0.4, -0.2) is 18.6 Å². The molecule has 5 heteroatoms. The Balaban J connectivity index is 1.42. The first-order chi connectivity index (χ1) is 13.8. The summed E-state index contributed by atoms with van der Waals surface area (Å²) in [5.41, 5.74) is 2.52. The summed E-state index contributed by atoms with van der Waals surface area (Å²) < 4.78 is 11.4. The van der Waals surface area contributed by atoms with E-state index in [9.17, 15) is 4.79 Å². The molecule has 1 aliphatic heterocycles. The molecule has 142 valence electrons. The van der Waals surface area contributed by atoms with E-state index < -0.39 is 0 Å². The van der Waals surface area contributed by atoms with E-state index in [-0.39, 0.29) is 12.0 Å². The zero-order valence-electron chi connectivity index (χ0n) is 15.4. The van der Waals surface area contributed by atoms with Crippen molar-refractivity contribution in [3.63, 3.8) is 0 Å². The first-order valence-electron chi connectivity index (χ1n) is 9.39. The topological polar surface area (TPSA) is 59.6 Å². The fourth-order valence-electron chi connectivity index (χ4n) is 3.07. The molecule has 1 heterocycles. The molecular weight excluding hydrogens is 352 g/mol. The molecule has 1 unspecified atom stereocenters. The van der Waals surface area contributed by atoms with Crippen LogP contribution in [0.4, 0.5) is 17.1 Å². The van der Waals surface area contributed by atoms with Gasteiger partial charge in [0.2, 0.25) is 0 Å². The van der Waals surface area contributed by atoms with Crippen LogP contribution >= 0.6 is 0 Å². The number of carbonyl (C=O) groups is 1. The molecule has 3 aromatic carbocycles. The number of amides is 1. The Hall–Kier alpha value is -3.31. The lowest BCUT2D eigenvalue weighted by molar-refractivity contribution is -0.124. The quantitative estimate of drug-likeness (QED) is 0.611. The highest BCUT2D eigenvalue weighted by Gasteiger charge is 2.23. The van der Waals surface area contributed by atoms with Gasteiger partial charge in [0.1, 0.15) is 11.9 Å². The van der Waals surface area contributed by atoms with Crippen LogP contribution < -0.4 is 15.4 Å². The van der Waals surface area contributed by atoms with E-state index in [0.29, 0.717) is 6.61 Å². The first kappa shape index (κ1) is 18.1. The van der Waals surface area contributed by atoms with Gasteiger partial charge in [-0.1, -0.05) is 30.3 Å². The van der Waals surface area contributed by atoms with Crippen LogP contribution in [0.3, 0.4) is 0 Å². The zero-order chi connectivity index (χ0) is 19.2. The summed E-state index contributed by atoms with van der Waals surface area (Å²) in [5.74, 6) is 1.44. The van der Waals surface area contributed by atoms with Crippen LogP contribution in [0.15, 0.2) is 78.9 Å². The lowest BCUT2D eigenvalue weighted by atomic mass is 10.2. The summed E-state index contributed by atoms with van der Waals surface area (Å²) in [5, 5.41) is 6.27. The molecule has 28 heavy (non-hydrogen) atoms. The molecule has 0 saturated carbocycles. The van der Waals surface area contributed by atoms with Crippen molar-refractivity contribution in [2.75, 3.05) is 17.2 Å². The average Bonchev–Trinajstić information content (AvgIpc) is 3.27. The van der Waals surface area contributed by atoms with Crippen LogP contribution in [0.5, 0.6) is 11.5 Å². The highest BCUT2D eigenvalue weighted by Crippen LogP contribution is 2.31. The van der Waals surface area contributed by atoms with Crippen molar-refractivity contribution in [3.8, 4) is 11.5 Å². The number of rotatable bonds is 6. The van der Waals surface area contributed by atoms with E-state index in [2.05, 4.69) is 10.6 Å². The highest BCUT2D eigenvalue weighted by molar-refractivity contribution is 5.94. The molecule has 0 radical (unpaired) electrons. The number of ether oxygens (including phenoxy) is 2. The fraction of sp³-hybridized carbons (Fsp3) is 0.174. The van der Waals surface area contributed by atoms with E-state index in [1.807, 2.05) is 78.9 Å². The summed E-state index contributed by atoms with van der Waals surface area (Å²) in [4.78, 5) is 12.1. The molecule has 0 aromatic heterocycles. The SMILES string of the molecule is O=C(Nc1ccc(Nc2ccccc2Oc2ccccc2)cc1)C1CCCO1. The maximum absolute atomic E-state index is 12.1. The van der Waals surface area contributed by atoms with Crippen LogP contribution in [0, 0.1) is 0 Å². The van der Waals surface area contributed by atoms with Gasteiger partial charge in [0.25, 0.3) is 5.91 Å². The van der Waals surface area contributed by atoms with Gasteiger partial charge >= 0.3 is 0 Å². The number of nitrogens with one attached hydrogen (secondary N) is 2. The molecule has 0 spiro atoms. The van der Waals surface area contributed by atoms with Gasteiger partial charge in [-0.25, -0.2) is 0 Å². The van der Waals surface area contributed by atoms with E-state index >= 15 is 0 Å². The molecule has 5 nitrogen and oxygen atoms in total. The Morgan fingerprint density at radius 1 is 0.893 bits per heavy atom. The second kappa shape index (κ2) is 8.59. The van der Waals surface area contributed by atoms with Crippen molar-refractivity contribution in [2.24, 2.45) is 0 Å². The van der Waals surface area contributed by atoms with E-state index in [4.69, 9.17) is 9.47 Å². The highest BCUT2D eigenvalue weighted by atomic mass is 16.5. The van der Waals surface area contributed by atoms with E-state index in [1.54, 1.807) is 0 Å². The molecule has 0 bridgehead atoms. The average molecular weight is 374 g/mol. The number of carbonyl (C=O) groups excluding carboxylic acids is 1. The number of anilines is 3. The minimum absolute atomic E-state index is 0.0835. The maximum Gasteiger partial charge on any atom is 0.253 e. The van der Waals surface area contributed by atoms with Crippen molar-refractivity contribution in [2.45, 2.75) is 18.9 Å². The largest absolute Gasteiger partial charge is 0.455 e. The van der Waals surface area contributed by atoms with Gasteiger partial charge in [0, 0.05) is 18.0 Å². The number of benzene rings is 3. The minimum Gasteiger partial charge on any atom is -0.455 e.